The summed E-state index contributed by atoms with van der Waals surface area (Å²) in [7, 11) is 0. The van der Waals surface area contributed by atoms with Gasteiger partial charge in [0.25, 0.3) is 0 Å². The molecule has 0 saturated carbocycles. The molecule has 0 aromatic rings. The third-order valence-corrected chi connectivity index (χ3v) is 3.59. The smallest absolute Gasteiger partial charge is 0.109 e. The van der Waals surface area contributed by atoms with Crippen LogP contribution >= 0.6 is 0 Å². The molecule has 2 atom stereocenters. The second-order valence-electron chi connectivity index (χ2n) is 5.42. The summed E-state index contributed by atoms with van der Waals surface area (Å²) in [5, 5.41) is 0. The van der Waals surface area contributed by atoms with E-state index in [1.165, 1.54) is 0 Å². The van der Waals surface area contributed by atoms with Gasteiger partial charge in [-0.3, -0.25) is 0 Å². The van der Waals surface area contributed by atoms with Crippen molar-refractivity contribution >= 4 is 0 Å². The van der Waals surface area contributed by atoms with Crippen molar-refractivity contribution in [2.75, 3.05) is 92.5 Å². The van der Waals surface area contributed by atoms with E-state index >= 15 is 0 Å². The Morgan fingerprint density at radius 1 is 0.333 bits per heavy atom. The van der Waals surface area contributed by atoms with Crippen molar-refractivity contribution < 1.29 is 37.9 Å². The molecule has 2 aliphatic rings. The quantitative estimate of drug-likeness (QED) is 0.648. The lowest BCUT2D eigenvalue weighted by Gasteiger charge is -2.28. The molecule has 2 aliphatic heterocycles. The van der Waals surface area contributed by atoms with Gasteiger partial charge in [0.2, 0.25) is 0 Å². The molecule has 0 bridgehead atoms. The van der Waals surface area contributed by atoms with Gasteiger partial charge in [-0.15, -0.1) is 0 Å². The molecule has 0 unspecified atom stereocenters. The molecule has 2 fully saturated rings. The Hall–Kier alpha value is -0.320. The minimum Gasteiger partial charge on any atom is -0.377 e. The molecule has 8 nitrogen and oxygen atoms in total. The Bertz CT molecular complexity index is 239. The number of rotatable bonds is 1. The van der Waals surface area contributed by atoms with Crippen LogP contribution in [0.1, 0.15) is 0 Å². The topological polar surface area (TPSA) is 73.8 Å². The Morgan fingerprint density at radius 3 is 1.00 bits per heavy atom. The third-order valence-electron chi connectivity index (χ3n) is 3.59. The molecule has 2 rings (SSSR count). The molecule has 0 aromatic heterocycles. The minimum absolute atomic E-state index is 0.225. The van der Waals surface area contributed by atoms with Crippen LogP contribution in [0.15, 0.2) is 0 Å². The summed E-state index contributed by atoms with van der Waals surface area (Å²) in [6, 6.07) is 0. The largest absolute Gasteiger partial charge is 0.377 e. The van der Waals surface area contributed by atoms with Gasteiger partial charge in [0.15, 0.2) is 0 Å². The van der Waals surface area contributed by atoms with Crippen LogP contribution in [0.5, 0.6) is 0 Å². The van der Waals surface area contributed by atoms with Crippen molar-refractivity contribution in [3.05, 3.63) is 0 Å². The van der Waals surface area contributed by atoms with Gasteiger partial charge in [0.05, 0.1) is 92.5 Å². The maximum absolute atomic E-state index is 5.91. The van der Waals surface area contributed by atoms with Crippen LogP contribution in [0.2, 0.25) is 0 Å². The molecule has 0 amide bonds. The van der Waals surface area contributed by atoms with Gasteiger partial charge >= 0.3 is 0 Å². The lowest BCUT2D eigenvalue weighted by Crippen LogP contribution is -2.41. The van der Waals surface area contributed by atoms with Gasteiger partial charge in [-0.2, -0.15) is 0 Å². The Balaban J connectivity index is 1.82. The van der Waals surface area contributed by atoms with Crippen LogP contribution in [0.25, 0.3) is 0 Å². The van der Waals surface area contributed by atoms with Crippen LogP contribution in [0, 0.1) is 0 Å². The highest BCUT2D eigenvalue weighted by atomic mass is 16.6. The second kappa shape index (κ2) is 13.9. The molecule has 0 aromatic carbocycles. The number of hydrogen-bond acceptors (Lipinski definition) is 8. The Kier molecular flexibility index (Phi) is 11.6. The van der Waals surface area contributed by atoms with E-state index in [4.69, 9.17) is 37.9 Å². The van der Waals surface area contributed by atoms with Crippen molar-refractivity contribution in [2.24, 2.45) is 0 Å². The second-order valence-corrected chi connectivity index (χ2v) is 5.42. The van der Waals surface area contributed by atoms with Crippen LogP contribution in [-0.2, 0) is 37.9 Å². The van der Waals surface area contributed by atoms with E-state index in [0.717, 1.165) is 0 Å². The van der Waals surface area contributed by atoms with Crippen molar-refractivity contribution in [1.82, 2.24) is 0 Å². The van der Waals surface area contributed by atoms with E-state index < -0.39 is 0 Å². The predicted octanol–water partition coefficient (Wildman–Crippen LogP) is -0.116. The zero-order chi connectivity index (χ0) is 16.7. The fraction of sp³-hybridized carbons (Fsp3) is 1.00. The first-order chi connectivity index (χ1) is 12.0. The van der Waals surface area contributed by atoms with E-state index in [1.807, 2.05) is 0 Å². The number of hydrogen-bond donors (Lipinski definition) is 0. The average molecular weight is 350 g/mol. The van der Waals surface area contributed by atoms with Crippen molar-refractivity contribution in [3.63, 3.8) is 0 Å². The minimum atomic E-state index is -0.225. The first-order valence-corrected chi connectivity index (χ1v) is 8.66. The molecule has 0 N–H and O–H groups in total. The van der Waals surface area contributed by atoms with Crippen LogP contribution in [-0.4, -0.2) is 105 Å². The van der Waals surface area contributed by atoms with E-state index in [1.54, 1.807) is 0 Å². The molecule has 0 aliphatic carbocycles. The normalized spacial score (nSPS) is 31.0. The van der Waals surface area contributed by atoms with Crippen LogP contribution in [0.3, 0.4) is 0 Å². The summed E-state index contributed by atoms with van der Waals surface area (Å²) in [5.74, 6) is 0. The molecule has 24 heavy (non-hydrogen) atoms. The van der Waals surface area contributed by atoms with E-state index in [2.05, 4.69) is 0 Å². The fourth-order valence-electron chi connectivity index (χ4n) is 2.32. The summed E-state index contributed by atoms with van der Waals surface area (Å²) in [5.41, 5.74) is 0. The number of ether oxygens (including phenoxy) is 8. The fourth-order valence-corrected chi connectivity index (χ4v) is 2.32. The monoisotopic (exact) mass is 350 g/mol. The molecule has 2 saturated heterocycles. The highest BCUT2D eigenvalue weighted by Crippen LogP contribution is 2.08. The van der Waals surface area contributed by atoms with Crippen molar-refractivity contribution in [1.29, 1.82) is 0 Å². The zero-order valence-corrected chi connectivity index (χ0v) is 14.3. The standard InChI is InChI=1S/C16H30O8/c1-3-19-9-11-23-15(13-21-7-5-17-1)16-14-22-8-6-18-2-4-20-10-12-24-16/h15-16H,1-14H2/t15-,16-/m0/s1. The first-order valence-electron chi connectivity index (χ1n) is 8.66. The van der Waals surface area contributed by atoms with Gasteiger partial charge < -0.3 is 37.9 Å². The predicted molar refractivity (Wildman–Crippen MR) is 84.4 cm³/mol. The summed E-state index contributed by atoms with van der Waals surface area (Å²) >= 11 is 0. The van der Waals surface area contributed by atoms with E-state index in [9.17, 15) is 0 Å². The summed E-state index contributed by atoms with van der Waals surface area (Å²) < 4.78 is 44.9. The molecule has 2 heterocycles. The molecule has 0 spiro atoms. The van der Waals surface area contributed by atoms with Gasteiger partial charge in [-0.25, -0.2) is 0 Å². The van der Waals surface area contributed by atoms with Gasteiger partial charge in [-0.1, -0.05) is 0 Å². The Morgan fingerprint density at radius 2 is 0.625 bits per heavy atom. The van der Waals surface area contributed by atoms with Crippen LogP contribution in [0.4, 0.5) is 0 Å². The van der Waals surface area contributed by atoms with Crippen molar-refractivity contribution in [3.8, 4) is 0 Å². The SMILES string of the molecule is C1COCCO[C@H]([C@@H]2COCCOCCOCCO2)COCCO1. The maximum Gasteiger partial charge on any atom is 0.109 e. The molecule has 142 valence electrons. The summed E-state index contributed by atoms with van der Waals surface area (Å²) in [6.07, 6.45) is -0.450. The lowest BCUT2D eigenvalue weighted by molar-refractivity contribution is -0.149. The Labute approximate surface area is 143 Å². The highest BCUT2D eigenvalue weighted by Gasteiger charge is 2.24. The van der Waals surface area contributed by atoms with Crippen LogP contribution < -0.4 is 0 Å². The van der Waals surface area contributed by atoms with E-state index in [0.29, 0.717) is 92.5 Å². The lowest BCUT2D eigenvalue weighted by atomic mass is 10.2. The highest BCUT2D eigenvalue weighted by molar-refractivity contribution is 4.71. The zero-order valence-electron chi connectivity index (χ0n) is 14.3. The summed E-state index contributed by atoms with van der Waals surface area (Å²) in [4.78, 5) is 0. The molecule has 8 heteroatoms. The first kappa shape index (κ1) is 20.0. The van der Waals surface area contributed by atoms with Gasteiger partial charge in [0.1, 0.15) is 12.2 Å². The summed E-state index contributed by atoms with van der Waals surface area (Å²) in [6.45, 7) is 7.26. The molecule has 0 radical (unpaired) electrons. The average Bonchev–Trinajstić information content (AvgIpc) is 2.56. The molecular weight excluding hydrogens is 320 g/mol. The molecular formula is C16H30O8. The van der Waals surface area contributed by atoms with Gasteiger partial charge in [-0.05, 0) is 0 Å². The maximum atomic E-state index is 5.91. The third kappa shape index (κ3) is 9.24. The van der Waals surface area contributed by atoms with E-state index in [-0.39, 0.29) is 12.2 Å². The van der Waals surface area contributed by atoms with Crippen molar-refractivity contribution in [2.45, 2.75) is 12.2 Å². The van der Waals surface area contributed by atoms with Gasteiger partial charge in [0, 0.05) is 0 Å².